The van der Waals surface area contributed by atoms with Crippen molar-refractivity contribution in [1.29, 1.82) is 0 Å². The van der Waals surface area contributed by atoms with Gasteiger partial charge in [0.15, 0.2) is 0 Å². The standard InChI is InChI=1S/C13H14O/c1-2-3-11-14-12-7-10-13-8-5-4-6-9-13/h2,4-6,8-9H,1,3,11-12H2. The number of hydrogen-bond donors (Lipinski definition) is 0. The molecule has 0 aliphatic rings. The second-order valence-electron chi connectivity index (χ2n) is 2.80. The first-order valence-electron chi connectivity index (χ1n) is 4.66. The predicted molar refractivity (Wildman–Crippen MR) is 59.0 cm³/mol. The number of ether oxygens (including phenoxy) is 1. The van der Waals surface area contributed by atoms with Crippen LogP contribution in [-0.2, 0) is 4.74 Å². The van der Waals surface area contributed by atoms with Crippen LogP contribution in [0.1, 0.15) is 12.0 Å². The summed E-state index contributed by atoms with van der Waals surface area (Å²) in [7, 11) is 0. The van der Waals surface area contributed by atoms with Crippen LogP contribution in [0, 0.1) is 11.8 Å². The molecular weight excluding hydrogens is 172 g/mol. The van der Waals surface area contributed by atoms with Crippen LogP contribution in [0.25, 0.3) is 0 Å². The third-order valence-electron chi connectivity index (χ3n) is 1.65. The van der Waals surface area contributed by atoms with E-state index in [0.717, 1.165) is 12.0 Å². The Labute approximate surface area is 85.4 Å². The Hall–Kier alpha value is -1.52. The minimum absolute atomic E-state index is 0.489. The van der Waals surface area contributed by atoms with Crippen molar-refractivity contribution in [3.63, 3.8) is 0 Å². The van der Waals surface area contributed by atoms with Gasteiger partial charge in [-0.25, -0.2) is 0 Å². The molecule has 0 bridgehead atoms. The Balaban J connectivity index is 2.24. The van der Waals surface area contributed by atoms with Crippen molar-refractivity contribution in [3.8, 4) is 11.8 Å². The van der Waals surface area contributed by atoms with Gasteiger partial charge in [-0.1, -0.05) is 36.1 Å². The fraction of sp³-hybridized carbons (Fsp3) is 0.231. The first-order chi connectivity index (χ1) is 6.93. The molecule has 0 saturated carbocycles. The fourth-order valence-corrected chi connectivity index (χ4v) is 0.949. The average molecular weight is 186 g/mol. The van der Waals surface area contributed by atoms with Gasteiger partial charge >= 0.3 is 0 Å². The van der Waals surface area contributed by atoms with Gasteiger partial charge in [0.25, 0.3) is 0 Å². The molecule has 0 saturated heterocycles. The van der Waals surface area contributed by atoms with Gasteiger partial charge in [-0.3, -0.25) is 0 Å². The van der Waals surface area contributed by atoms with Crippen LogP contribution in [-0.4, -0.2) is 13.2 Å². The minimum Gasteiger partial charge on any atom is -0.368 e. The maximum absolute atomic E-state index is 5.25. The van der Waals surface area contributed by atoms with Gasteiger partial charge in [-0.15, -0.1) is 6.58 Å². The topological polar surface area (TPSA) is 9.23 Å². The molecule has 0 aromatic heterocycles. The molecule has 1 aromatic carbocycles. The largest absolute Gasteiger partial charge is 0.368 e. The van der Waals surface area contributed by atoms with E-state index >= 15 is 0 Å². The molecule has 0 atom stereocenters. The van der Waals surface area contributed by atoms with E-state index in [-0.39, 0.29) is 0 Å². The van der Waals surface area contributed by atoms with Gasteiger partial charge in [0.2, 0.25) is 0 Å². The van der Waals surface area contributed by atoms with Gasteiger partial charge in [0.05, 0.1) is 6.61 Å². The first kappa shape index (κ1) is 10.6. The maximum Gasteiger partial charge on any atom is 0.108 e. The number of benzene rings is 1. The van der Waals surface area contributed by atoms with Gasteiger partial charge in [0.1, 0.15) is 6.61 Å². The Kier molecular flexibility index (Phi) is 5.23. The highest BCUT2D eigenvalue weighted by Crippen LogP contribution is 1.94. The molecule has 0 heterocycles. The van der Waals surface area contributed by atoms with E-state index in [1.807, 2.05) is 36.4 Å². The lowest BCUT2D eigenvalue weighted by Gasteiger charge is -1.93. The summed E-state index contributed by atoms with van der Waals surface area (Å²) in [6.07, 6.45) is 2.72. The molecule has 72 valence electrons. The monoisotopic (exact) mass is 186 g/mol. The lowest BCUT2D eigenvalue weighted by Crippen LogP contribution is -1.92. The zero-order chi connectivity index (χ0) is 10.1. The molecule has 0 aliphatic carbocycles. The third-order valence-corrected chi connectivity index (χ3v) is 1.65. The van der Waals surface area contributed by atoms with Crippen LogP contribution in [0.4, 0.5) is 0 Å². The van der Waals surface area contributed by atoms with Crippen molar-refractivity contribution in [3.05, 3.63) is 48.6 Å². The quantitative estimate of drug-likeness (QED) is 0.399. The molecule has 0 amide bonds. The molecule has 0 fully saturated rings. The summed E-state index contributed by atoms with van der Waals surface area (Å²) < 4.78 is 5.25. The van der Waals surface area contributed by atoms with Crippen molar-refractivity contribution in [2.24, 2.45) is 0 Å². The van der Waals surface area contributed by atoms with Crippen LogP contribution in [0.5, 0.6) is 0 Å². The molecule has 1 rings (SSSR count). The summed E-state index contributed by atoms with van der Waals surface area (Å²) in [6.45, 7) is 4.80. The molecular formula is C13H14O. The van der Waals surface area contributed by atoms with Gasteiger partial charge < -0.3 is 4.74 Å². The number of rotatable bonds is 4. The van der Waals surface area contributed by atoms with E-state index in [0.29, 0.717) is 13.2 Å². The second kappa shape index (κ2) is 6.94. The van der Waals surface area contributed by atoms with Crippen LogP contribution >= 0.6 is 0 Å². The molecule has 0 N–H and O–H groups in total. The molecule has 0 radical (unpaired) electrons. The highest BCUT2D eigenvalue weighted by Gasteiger charge is 1.82. The zero-order valence-corrected chi connectivity index (χ0v) is 8.20. The first-order valence-corrected chi connectivity index (χ1v) is 4.66. The molecule has 1 nitrogen and oxygen atoms in total. The van der Waals surface area contributed by atoms with Crippen molar-refractivity contribution >= 4 is 0 Å². The van der Waals surface area contributed by atoms with Crippen LogP contribution in [0.2, 0.25) is 0 Å². The summed E-state index contributed by atoms with van der Waals surface area (Å²) in [6, 6.07) is 9.89. The maximum atomic E-state index is 5.25. The lowest BCUT2D eigenvalue weighted by molar-refractivity contribution is 0.172. The van der Waals surface area contributed by atoms with E-state index in [9.17, 15) is 0 Å². The normalized spacial score (nSPS) is 8.86. The fourth-order valence-electron chi connectivity index (χ4n) is 0.949. The summed E-state index contributed by atoms with van der Waals surface area (Å²) in [5.41, 5.74) is 1.03. The van der Waals surface area contributed by atoms with E-state index in [1.54, 1.807) is 0 Å². The van der Waals surface area contributed by atoms with E-state index in [1.165, 1.54) is 0 Å². The van der Waals surface area contributed by atoms with E-state index in [4.69, 9.17) is 4.74 Å². The van der Waals surface area contributed by atoms with Gasteiger partial charge in [-0.2, -0.15) is 0 Å². The molecule has 1 aromatic rings. The molecule has 1 heteroatoms. The predicted octanol–water partition coefficient (Wildman–Crippen LogP) is 2.63. The van der Waals surface area contributed by atoms with Crippen LogP contribution in [0.15, 0.2) is 43.0 Å². The van der Waals surface area contributed by atoms with Gasteiger partial charge in [0, 0.05) is 5.56 Å². The average Bonchev–Trinajstić information content (AvgIpc) is 2.25. The third kappa shape index (κ3) is 4.49. The van der Waals surface area contributed by atoms with Crippen molar-refractivity contribution < 1.29 is 4.74 Å². The highest BCUT2D eigenvalue weighted by molar-refractivity contribution is 5.33. The Bertz CT molecular complexity index is 316. The SMILES string of the molecule is C=CCCOCC#Cc1ccccc1. The summed E-state index contributed by atoms with van der Waals surface area (Å²) in [5, 5.41) is 0. The van der Waals surface area contributed by atoms with Crippen molar-refractivity contribution in [2.75, 3.05) is 13.2 Å². The highest BCUT2D eigenvalue weighted by atomic mass is 16.5. The van der Waals surface area contributed by atoms with Crippen LogP contribution in [0.3, 0.4) is 0 Å². The summed E-state index contributed by atoms with van der Waals surface area (Å²) in [4.78, 5) is 0. The Morgan fingerprint density at radius 3 is 2.79 bits per heavy atom. The summed E-state index contributed by atoms with van der Waals surface area (Å²) >= 11 is 0. The zero-order valence-electron chi connectivity index (χ0n) is 8.20. The Morgan fingerprint density at radius 2 is 2.07 bits per heavy atom. The molecule has 0 spiro atoms. The minimum atomic E-state index is 0.489. The van der Waals surface area contributed by atoms with Crippen molar-refractivity contribution in [2.45, 2.75) is 6.42 Å². The molecule has 14 heavy (non-hydrogen) atoms. The smallest absolute Gasteiger partial charge is 0.108 e. The van der Waals surface area contributed by atoms with Crippen molar-refractivity contribution in [1.82, 2.24) is 0 Å². The van der Waals surface area contributed by atoms with E-state index in [2.05, 4.69) is 18.4 Å². The molecule has 0 unspecified atom stereocenters. The second-order valence-corrected chi connectivity index (χ2v) is 2.80. The Morgan fingerprint density at radius 1 is 1.29 bits per heavy atom. The molecule has 0 aliphatic heterocycles. The number of hydrogen-bond acceptors (Lipinski definition) is 1. The summed E-state index contributed by atoms with van der Waals surface area (Å²) in [5.74, 6) is 5.97. The lowest BCUT2D eigenvalue weighted by atomic mass is 10.2. The van der Waals surface area contributed by atoms with Gasteiger partial charge in [-0.05, 0) is 18.6 Å². The van der Waals surface area contributed by atoms with Crippen LogP contribution < -0.4 is 0 Å². The van der Waals surface area contributed by atoms with E-state index < -0.39 is 0 Å².